The van der Waals surface area contributed by atoms with Gasteiger partial charge in [0, 0.05) is 13.2 Å². The Kier molecular flexibility index (Phi) is 3.52. The van der Waals surface area contributed by atoms with Gasteiger partial charge in [0.2, 0.25) is 0 Å². The number of amides is 2. The van der Waals surface area contributed by atoms with Gasteiger partial charge in [0.25, 0.3) is 11.8 Å². The number of methoxy groups -OCH3 is 1. The molecule has 0 fully saturated rings. The minimum Gasteiger partial charge on any atom is -0.382 e. The van der Waals surface area contributed by atoms with E-state index in [2.05, 4.69) is 5.87 Å². The van der Waals surface area contributed by atoms with Crippen LogP contribution in [-0.2, 0) is 4.74 Å². The zero-order valence-corrected chi connectivity index (χ0v) is 11.7. The summed E-state index contributed by atoms with van der Waals surface area (Å²) in [5.41, 5.74) is 0.917. The molecule has 2 aliphatic rings. The van der Waals surface area contributed by atoms with Gasteiger partial charge in [0.05, 0.1) is 23.8 Å². The highest BCUT2D eigenvalue weighted by molar-refractivity contribution is 6.21. The number of rotatable bonds is 5. The number of fused-ring (bicyclic) bond motifs is 1. The predicted molar refractivity (Wildman–Crippen MR) is 76.5 cm³/mol. The normalized spacial score (nSPS) is 17.4. The molecule has 2 amide bonds. The Labute approximate surface area is 122 Å². The highest BCUT2D eigenvalue weighted by atomic mass is 16.5. The van der Waals surface area contributed by atoms with Crippen LogP contribution in [0.2, 0.25) is 0 Å². The van der Waals surface area contributed by atoms with Crippen molar-refractivity contribution in [3.63, 3.8) is 0 Å². The van der Waals surface area contributed by atoms with Crippen LogP contribution in [0.4, 0.5) is 0 Å². The first kappa shape index (κ1) is 13.5. The Bertz CT molecular complexity index is 664. The Morgan fingerprint density at radius 1 is 1.24 bits per heavy atom. The van der Waals surface area contributed by atoms with E-state index in [0.717, 1.165) is 0 Å². The molecule has 2 aliphatic heterocycles. The Balaban J connectivity index is 1.90. The molecule has 1 atom stereocenters. The van der Waals surface area contributed by atoms with Crippen LogP contribution in [0.5, 0.6) is 0 Å². The monoisotopic (exact) mass is 283 g/mol. The number of hydrogen-bond acceptors (Lipinski definition) is 3. The summed E-state index contributed by atoms with van der Waals surface area (Å²) in [5, 5.41) is 0. The number of imide groups is 1. The van der Waals surface area contributed by atoms with Crippen LogP contribution in [0.15, 0.2) is 42.6 Å². The van der Waals surface area contributed by atoms with Crippen molar-refractivity contribution in [2.75, 3.05) is 20.3 Å². The maximum absolute atomic E-state index is 12.5. The third-order valence-corrected chi connectivity index (χ3v) is 3.56. The van der Waals surface area contributed by atoms with E-state index in [0.29, 0.717) is 17.7 Å². The molecule has 2 heterocycles. The Morgan fingerprint density at radius 3 is 2.43 bits per heavy atom. The first-order valence-electron chi connectivity index (χ1n) is 6.71. The molecule has 21 heavy (non-hydrogen) atoms. The largest absolute Gasteiger partial charge is 0.382 e. The van der Waals surface area contributed by atoms with Crippen molar-refractivity contribution < 1.29 is 18.9 Å². The standard InChI is InChI=1S/C16H15N2O3/c1-21-11-12(10-17-8-4-5-9-17)18-15(19)13-6-2-3-7-14(13)16(18)20/h2-8,12H,10-11H2,1H3/q+1/t12-/m1/s1. The van der Waals surface area contributed by atoms with Gasteiger partial charge in [0.15, 0.2) is 18.6 Å². The highest BCUT2D eigenvalue weighted by Gasteiger charge is 2.41. The summed E-state index contributed by atoms with van der Waals surface area (Å²) in [4.78, 5) is 26.3. The fourth-order valence-electron chi connectivity index (χ4n) is 2.61. The van der Waals surface area contributed by atoms with Crippen LogP contribution in [0.1, 0.15) is 20.7 Å². The summed E-state index contributed by atoms with van der Waals surface area (Å²) < 4.78 is 7.00. The summed E-state index contributed by atoms with van der Waals surface area (Å²) in [6.45, 7) is 0.754. The fourth-order valence-corrected chi connectivity index (χ4v) is 2.61. The summed E-state index contributed by atoms with van der Waals surface area (Å²) >= 11 is 0. The molecule has 5 heteroatoms. The van der Waals surface area contributed by atoms with E-state index in [9.17, 15) is 9.59 Å². The number of ether oxygens (including phenoxy) is 1. The lowest BCUT2D eigenvalue weighted by molar-refractivity contribution is -0.454. The third kappa shape index (κ3) is 2.33. The fraction of sp³-hybridized carbons (Fsp3) is 0.250. The molecule has 1 aromatic carbocycles. The SMILES string of the molecule is COC[C@@H](C[N+]1=C=CC=C1)N1C(=O)c2ccccc2C1=O. The van der Waals surface area contributed by atoms with Gasteiger partial charge in [0.1, 0.15) is 6.04 Å². The molecule has 0 saturated heterocycles. The van der Waals surface area contributed by atoms with Gasteiger partial charge in [-0.3, -0.25) is 14.5 Å². The van der Waals surface area contributed by atoms with E-state index < -0.39 is 0 Å². The van der Waals surface area contributed by atoms with Crippen molar-refractivity contribution in [1.82, 2.24) is 4.90 Å². The quantitative estimate of drug-likeness (QED) is 0.600. The van der Waals surface area contributed by atoms with Crippen LogP contribution in [0.3, 0.4) is 0 Å². The second-order valence-corrected chi connectivity index (χ2v) is 4.92. The average Bonchev–Trinajstić information content (AvgIpc) is 3.08. The molecule has 0 radical (unpaired) electrons. The van der Waals surface area contributed by atoms with Crippen molar-refractivity contribution >= 4 is 17.7 Å². The van der Waals surface area contributed by atoms with Crippen LogP contribution >= 0.6 is 0 Å². The second kappa shape index (κ2) is 5.48. The molecule has 0 N–H and O–H groups in total. The summed E-state index contributed by atoms with van der Waals surface area (Å²) in [5.74, 6) is 2.49. The molecular formula is C16H15N2O3+. The van der Waals surface area contributed by atoms with E-state index in [1.807, 2.05) is 16.9 Å². The van der Waals surface area contributed by atoms with Crippen molar-refractivity contribution in [2.45, 2.75) is 6.04 Å². The minimum atomic E-state index is -0.356. The summed E-state index contributed by atoms with van der Waals surface area (Å²) in [6, 6.07) is 6.53. The van der Waals surface area contributed by atoms with Crippen molar-refractivity contribution in [2.24, 2.45) is 0 Å². The predicted octanol–water partition coefficient (Wildman–Crippen LogP) is 1.06. The number of allylic oxidation sites excluding steroid dienone is 2. The highest BCUT2D eigenvalue weighted by Crippen LogP contribution is 2.24. The first-order chi connectivity index (χ1) is 10.2. The van der Waals surface area contributed by atoms with E-state index in [1.54, 1.807) is 37.5 Å². The number of hydrogen-bond donors (Lipinski definition) is 0. The Morgan fingerprint density at radius 2 is 1.90 bits per heavy atom. The number of nitrogens with zero attached hydrogens (tertiary/aromatic N) is 2. The van der Waals surface area contributed by atoms with Gasteiger partial charge in [-0.2, -0.15) is 4.58 Å². The van der Waals surface area contributed by atoms with Gasteiger partial charge in [-0.25, -0.2) is 0 Å². The van der Waals surface area contributed by atoms with Gasteiger partial charge < -0.3 is 4.74 Å². The van der Waals surface area contributed by atoms with Crippen LogP contribution < -0.4 is 0 Å². The second-order valence-electron chi connectivity index (χ2n) is 4.92. The van der Waals surface area contributed by atoms with E-state index >= 15 is 0 Å². The molecule has 0 spiro atoms. The van der Waals surface area contributed by atoms with Gasteiger partial charge in [-0.05, 0) is 12.1 Å². The maximum atomic E-state index is 12.5. The average molecular weight is 283 g/mol. The minimum absolute atomic E-state index is 0.259. The summed E-state index contributed by atoms with van der Waals surface area (Å²) in [6.07, 6.45) is 5.49. The van der Waals surface area contributed by atoms with Crippen molar-refractivity contribution in [1.29, 1.82) is 0 Å². The van der Waals surface area contributed by atoms with Crippen LogP contribution in [0, 0.1) is 0 Å². The van der Waals surface area contributed by atoms with Gasteiger partial charge in [-0.1, -0.05) is 12.1 Å². The lowest BCUT2D eigenvalue weighted by Crippen LogP contribution is -2.46. The molecule has 0 saturated carbocycles. The zero-order valence-electron chi connectivity index (χ0n) is 11.7. The van der Waals surface area contributed by atoms with E-state index in [-0.39, 0.29) is 24.5 Å². The zero-order chi connectivity index (χ0) is 14.8. The van der Waals surface area contributed by atoms with Gasteiger partial charge >= 0.3 is 0 Å². The van der Waals surface area contributed by atoms with E-state index in [4.69, 9.17) is 4.74 Å². The number of carbonyl (C=O) groups excluding carboxylic acids is 2. The van der Waals surface area contributed by atoms with E-state index in [1.165, 1.54) is 4.90 Å². The smallest absolute Gasteiger partial charge is 0.262 e. The molecule has 1 aromatic rings. The molecule has 0 bridgehead atoms. The lowest BCUT2D eigenvalue weighted by atomic mass is 10.1. The first-order valence-corrected chi connectivity index (χ1v) is 6.71. The Hall–Kier alpha value is -2.49. The van der Waals surface area contributed by atoms with Crippen molar-refractivity contribution in [3.8, 4) is 0 Å². The number of benzene rings is 1. The lowest BCUT2D eigenvalue weighted by Gasteiger charge is -2.22. The van der Waals surface area contributed by atoms with Gasteiger partial charge in [-0.15, -0.1) is 0 Å². The third-order valence-electron chi connectivity index (χ3n) is 3.56. The molecule has 106 valence electrons. The molecule has 0 unspecified atom stereocenters. The summed E-state index contributed by atoms with van der Waals surface area (Å²) in [7, 11) is 1.56. The van der Waals surface area contributed by atoms with Crippen LogP contribution in [-0.4, -0.2) is 53.5 Å². The molecule has 5 nitrogen and oxygen atoms in total. The maximum Gasteiger partial charge on any atom is 0.262 e. The molecular weight excluding hydrogens is 268 g/mol. The topological polar surface area (TPSA) is 49.6 Å². The molecule has 0 aliphatic carbocycles. The van der Waals surface area contributed by atoms with Crippen molar-refractivity contribution in [3.05, 3.63) is 53.7 Å². The molecule has 0 aromatic heterocycles. The van der Waals surface area contributed by atoms with Crippen LogP contribution in [0.25, 0.3) is 0 Å². The molecule has 3 rings (SSSR count). The number of carbonyl (C=O) groups is 2.